The van der Waals surface area contributed by atoms with Gasteiger partial charge in [-0.1, -0.05) is 79.8 Å². The summed E-state index contributed by atoms with van der Waals surface area (Å²) in [4.78, 5) is 38.3. The number of hydrogen-bond donors (Lipinski definition) is 0. The van der Waals surface area contributed by atoms with E-state index >= 15 is 0 Å². The van der Waals surface area contributed by atoms with Gasteiger partial charge in [-0.2, -0.15) is 0 Å². The van der Waals surface area contributed by atoms with Gasteiger partial charge in [0.15, 0.2) is 0 Å². The lowest BCUT2D eigenvalue weighted by Gasteiger charge is -2.21. The van der Waals surface area contributed by atoms with Crippen molar-refractivity contribution < 1.29 is 19.1 Å². The van der Waals surface area contributed by atoms with E-state index in [1.165, 1.54) is 12.0 Å². The molecule has 0 N–H and O–H groups in total. The van der Waals surface area contributed by atoms with Gasteiger partial charge >= 0.3 is 5.97 Å². The zero-order valence-electron chi connectivity index (χ0n) is 23.2. The maximum atomic E-state index is 12.2. The molecule has 0 heterocycles. The Morgan fingerprint density at radius 3 is 1.51 bits per heavy atom. The van der Waals surface area contributed by atoms with E-state index in [1.807, 2.05) is 6.08 Å². The molecule has 0 saturated carbocycles. The minimum Gasteiger partial charge on any atom is -0.466 e. The van der Waals surface area contributed by atoms with Crippen molar-refractivity contribution in [1.82, 2.24) is 9.80 Å². The van der Waals surface area contributed by atoms with Gasteiger partial charge in [0, 0.05) is 45.8 Å². The van der Waals surface area contributed by atoms with Crippen molar-refractivity contribution >= 4 is 17.8 Å². The van der Waals surface area contributed by atoms with Crippen LogP contribution in [-0.2, 0) is 19.1 Å². The Balaban J connectivity index is 3.89. The summed E-state index contributed by atoms with van der Waals surface area (Å²) < 4.78 is 4.46. The second-order valence-electron chi connectivity index (χ2n) is 8.39. The molecule has 0 aliphatic heterocycles. The molecule has 0 atom stereocenters. The van der Waals surface area contributed by atoms with E-state index in [0.717, 1.165) is 50.7 Å². The normalized spacial score (nSPS) is 12.4. The van der Waals surface area contributed by atoms with Crippen LogP contribution in [0.3, 0.4) is 0 Å². The van der Waals surface area contributed by atoms with Crippen LogP contribution in [-0.4, -0.2) is 61.9 Å². The Bertz CT molecular complexity index is 847. The van der Waals surface area contributed by atoms with Gasteiger partial charge in [0.1, 0.15) is 0 Å². The number of likely N-dealkylation sites (N-methyl/N-ethyl adjacent to an activating group) is 2. The fourth-order valence-corrected chi connectivity index (χ4v) is 2.91. The fraction of sp³-hybridized carbons (Fsp3) is 0.452. The van der Waals surface area contributed by atoms with Gasteiger partial charge in [-0.05, 0) is 44.9 Å². The van der Waals surface area contributed by atoms with Gasteiger partial charge in [0.2, 0.25) is 11.8 Å². The van der Waals surface area contributed by atoms with Crippen molar-refractivity contribution in [3.05, 3.63) is 85.1 Å². The van der Waals surface area contributed by atoms with Crippen LogP contribution < -0.4 is 0 Å². The van der Waals surface area contributed by atoms with Gasteiger partial charge in [0.25, 0.3) is 0 Å². The number of allylic oxidation sites excluding steroid dienone is 12. The molecule has 0 unspecified atom stereocenters. The molecule has 0 bridgehead atoms. The van der Waals surface area contributed by atoms with Crippen LogP contribution in [0.4, 0.5) is 0 Å². The lowest BCUT2D eigenvalue weighted by Crippen LogP contribution is -2.36. The molecule has 0 aliphatic carbocycles. The Morgan fingerprint density at radius 2 is 1.05 bits per heavy atom. The number of carbonyl (C=O) groups is 3. The van der Waals surface area contributed by atoms with E-state index in [9.17, 15) is 14.4 Å². The highest BCUT2D eigenvalue weighted by atomic mass is 16.5. The Kier molecular flexibility index (Phi) is 22.1. The molecule has 0 fully saturated rings. The summed E-state index contributed by atoms with van der Waals surface area (Å²) in [5.74, 6) is -0.863. The molecule has 37 heavy (non-hydrogen) atoms. The zero-order chi connectivity index (χ0) is 27.6. The number of hydrogen-bond acceptors (Lipinski definition) is 4. The summed E-state index contributed by atoms with van der Waals surface area (Å²) in [6.07, 6.45) is 35.1. The molecule has 6 heteroatoms. The first-order valence-electron chi connectivity index (χ1n) is 13.1. The van der Waals surface area contributed by atoms with Crippen molar-refractivity contribution in [3.8, 4) is 0 Å². The number of nitrogens with zero attached hydrogens (tertiary/aromatic N) is 2. The maximum Gasteiger partial charge on any atom is 0.330 e. The highest BCUT2D eigenvalue weighted by molar-refractivity contribution is 5.94. The summed E-state index contributed by atoms with van der Waals surface area (Å²) in [5, 5.41) is 0. The number of methoxy groups -OCH3 is 1. The number of carbonyl (C=O) groups excluding carboxylic acids is 3. The summed E-state index contributed by atoms with van der Waals surface area (Å²) in [5.41, 5.74) is 0. The van der Waals surface area contributed by atoms with Gasteiger partial charge in [0.05, 0.1) is 7.11 Å². The predicted octanol–water partition coefficient (Wildman–Crippen LogP) is 6.11. The van der Waals surface area contributed by atoms with Crippen LogP contribution in [0.1, 0.15) is 58.3 Å². The first-order valence-corrected chi connectivity index (χ1v) is 13.1. The number of amides is 2. The van der Waals surface area contributed by atoms with Crippen molar-refractivity contribution in [1.29, 1.82) is 0 Å². The van der Waals surface area contributed by atoms with Gasteiger partial charge < -0.3 is 14.5 Å². The first-order chi connectivity index (χ1) is 17.9. The average molecular weight is 511 g/mol. The second-order valence-corrected chi connectivity index (χ2v) is 8.39. The van der Waals surface area contributed by atoms with Gasteiger partial charge in [-0.15, -0.1) is 0 Å². The molecule has 0 aromatic heterocycles. The number of rotatable bonds is 19. The minimum atomic E-state index is -0.580. The van der Waals surface area contributed by atoms with Crippen molar-refractivity contribution in [2.24, 2.45) is 0 Å². The van der Waals surface area contributed by atoms with Crippen molar-refractivity contribution in [2.45, 2.75) is 58.3 Å². The average Bonchev–Trinajstić information content (AvgIpc) is 2.90. The third-order valence-electron chi connectivity index (χ3n) is 5.26. The first kappa shape index (κ1) is 33.6. The molecule has 0 radical (unpaired) electrons. The molecule has 0 aromatic rings. The third-order valence-corrected chi connectivity index (χ3v) is 5.26. The van der Waals surface area contributed by atoms with Gasteiger partial charge in [-0.3, -0.25) is 9.59 Å². The highest BCUT2D eigenvalue weighted by Gasteiger charge is 2.11. The Morgan fingerprint density at radius 1 is 0.622 bits per heavy atom. The summed E-state index contributed by atoms with van der Waals surface area (Å²) >= 11 is 0. The monoisotopic (exact) mass is 510 g/mol. The van der Waals surface area contributed by atoms with Crippen LogP contribution in [0.15, 0.2) is 85.1 Å². The topological polar surface area (TPSA) is 66.9 Å². The predicted molar refractivity (Wildman–Crippen MR) is 154 cm³/mol. The number of esters is 1. The molecule has 6 nitrogen and oxygen atoms in total. The van der Waals surface area contributed by atoms with E-state index in [0.29, 0.717) is 25.9 Å². The second kappa shape index (κ2) is 24.3. The molecule has 0 aromatic carbocycles. The third kappa shape index (κ3) is 21.6. The molecule has 0 saturated heterocycles. The molecular weight excluding hydrogens is 464 g/mol. The van der Waals surface area contributed by atoms with E-state index in [-0.39, 0.29) is 11.8 Å². The van der Waals surface area contributed by atoms with Crippen LogP contribution in [0, 0.1) is 0 Å². The summed E-state index contributed by atoms with van der Waals surface area (Å²) in [6.45, 7) is 2.95. The standard InChI is InChI=1S/C31H46N2O4/c1-5-6-7-8-9-10-11-12-13-14-15-16-17-18-19-20-21-22-23-24-29(34)32(2)27-28-33(3)30(35)25-26-31(36)37-4/h6-7,9-10,12-13,15-16,18-19,21-22,25-26H,5,8,11,14,17,20,23-24,27-28H2,1-4H3/b7-6-,10-9-,13-12-,16-15-,19-18-,22-21-,26-25+. The zero-order valence-corrected chi connectivity index (χ0v) is 23.2. The van der Waals surface area contributed by atoms with E-state index in [4.69, 9.17) is 0 Å². The lowest BCUT2D eigenvalue weighted by atomic mass is 10.2. The SMILES string of the molecule is CC/C=C\C/C=C\C/C=C\C/C=C\C/C=C\C/C=C\CCC(=O)N(C)CCN(C)C(=O)/C=C/C(=O)OC. The van der Waals surface area contributed by atoms with Crippen LogP contribution in [0.25, 0.3) is 0 Å². The highest BCUT2D eigenvalue weighted by Crippen LogP contribution is 2.00. The minimum absolute atomic E-state index is 0.0329. The molecule has 0 rings (SSSR count). The van der Waals surface area contributed by atoms with E-state index in [1.54, 1.807) is 19.0 Å². The summed E-state index contributed by atoms with van der Waals surface area (Å²) in [6, 6.07) is 0. The lowest BCUT2D eigenvalue weighted by molar-refractivity contribution is -0.135. The Labute approximate surface area is 224 Å². The molecular formula is C31H46N2O4. The Hall–Kier alpha value is -3.41. The van der Waals surface area contributed by atoms with Crippen LogP contribution >= 0.6 is 0 Å². The van der Waals surface area contributed by atoms with E-state index in [2.05, 4.69) is 78.5 Å². The molecule has 204 valence electrons. The molecule has 0 spiro atoms. The van der Waals surface area contributed by atoms with Gasteiger partial charge in [-0.25, -0.2) is 4.79 Å². The smallest absolute Gasteiger partial charge is 0.330 e. The summed E-state index contributed by atoms with van der Waals surface area (Å²) in [7, 11) is 4.60. The molecule has 0 aliphatic rings. The number of ether oxygens (including phenoxy) is 1. The molecule has 2 amide bonds. The van der Waals surface area contributed by atoms with Crippen molar-refractivity contribution in [2.75, 3.05) is 34.3 Å². The maximum absolute atomic E-state index is 12.2. The van der Waals surface area contributed by atoms with Crippen molar-refractivity contribution in [3.63, 3.8) is 0 Å². The largest absolute Gasteiger partial charge is 0.466 e. The fourth-order valence-electron chi connectivity index (χ4n) is 2.91. The van der Waals surface area contributed by atoms with E-state index < -0.39 is 5.97 Å². The van der Waals surface area contributed by atoms with Crippen LogP contribution in [0.2, 0.25) is 0 Å². The quantitative estimate of drug-likeness (QED) is 0.119. The van der Waals surface area contributed by atoms with Crippen LogP contribution in [0.5, 0.6) is 0 Å².